The maximum Gasteiger partial charge on any atom is 0.390 e. The Labute approximate surface area is 114 Å². The Morgan fingerprint density at radius 3 is 2.15 bits per heavy atom. The van der Waals surface area contributed by atoms with E-state index in [0.717, 1.165) is 17.0 Å². The highest BCUT2D eigenvalue weighted by Crippen LogP contribution is 2.20. The van der Waals surface area contributed by atoms with Gasteiger partial charge in [-0.3, -0.25) is 4.79 Å². The maximum atomic E-state index is 12.0. The first-order chi connectivity index (χ1) is 9.00. The number of hydrogen-bond acceptors (Lipinski definition) is 3. The van der Waals surface area contributed by atoms with E-state index in [2.05, 4.69) is 0 Å². The third-order valence-corrected chi connectivity index (χ3v) is 3.44. The molecule has 1 rings (SSSR count). The van der Waals surface area contributed by atoms with Crippen molar-refractivity contribution in [2.45, 2.75) is 17.5 Å². The van der Waals surface area contributed by atoms with E-state index in [4.69, 9.17) is 5.14 Å². The molecule has 112 valence electrons. The number of alkyl halides is 3. The second kappa shape index (κ2) is 5.80. The fraction of sp³-hybridized carbons (Fsp3) is 0.364. The molecule has 0 saturated heterocycles. The van der Waals surface area contributed by atoms with E-state index in [1.165, 1.54) is 19.2 Å². The van der Waals surface area contributed by atoms with Crippen LogP contribution in [0.5, 0.6) is 0 Å². The minimum Gasteiger partial charge on any atom is -0.341 e. The van der Waals surface area contributed by atoms with Gasteiger partial charge in [0.05, 0.1) is 11.3 Å². The van der Waals surface area contributed by atoms with Crippen LogP contribution >= 0.6 is 0 Å². The number of nitrogens with two attached hydrogens (primary N) is 1. The molecule has 0 aromatic heterocycles. The van der Waals surface area contributed by atoms with Gasteiger partial charge in [0.25, 0.3) is 5.91 Å². The first-order valence-electron chi connectivity index (χ1n) is 5.46. The summed E-state index contributed by atoms with van der Waals surface area (Å²) in [6.45, 7) is -0.473. The molecular weight excluding hydrogens is 297 g/mol. The lowest BCUT2D eigenvalue weighted by atomic mass is 10.2. The number of hydrogen-bond donors (Lipinski definition) is 1. The molecule has 0 heterocycles. The van der Waals surface area contributed by atoms with E-state index < -0.39 is 35.1 Å². The highest BCUT2D eigenvalue weighted by atomic mass is 32.2. The van der Waals surface area contributed by atoms with E-state index in [-0.39, 0.29) is 10.5 Å². The summed E-state index contributed by atoms with van der Waals surface area (Å²) in [6.07, 6.45) is -5.45. The zero-order chi connectivity index (χ0) is 15.6. The molecular formula is C11H13F3N2O3S. The van der Waals surface area contributed by atoms with E-state index >= 15 is 0 Å². The second-order valence-corrected chi connectivity index (χ2v) is 5.72. The van der Waals surface area contributed by atoms with Crippen LogP contribution in [-0.2, 0) is 10.0 Å². The minimum atomic E-state index is -4.34. The van der Waals surface area contributed by atoms with Gasteiger partial charge >= 0.3 is 6.18 Å². The fourth-order valence-electron chi connectivity index (χ4n) is 1.40. The number of primary sulfonamides is 1. The molecule has 5 nitrogen and oxygen atoms in total. The second-order valence-electron chi connectivity index (χ2n) is 4.16. The van der Waals surface area contributed by atoms with Gasteiger partial charge < -0.3 is 4.90 Å². The third kappa shape index (κ3) is 4.82. The van der Waals surface area contributed by atoms with Crippen molar-refractivity contribution in [3.8, 4) is 0 Å². The van der Waals surface area contributed by atoms with E-state index in [1.54, 1.807) is 0 Å². The molecule has 1 aromatic carbocycles. The van der Waals surface area contributed by atoms with Gasteiger partial charge in [-0.05, 0) is 24.3 Å². The van der Waals surface area contributed by atoms with Crippen LogP contribution in [0.25, 0.3) is 0 Å². The van der Waals surface area contributed by atoms with E-state index in [9.17, 15) is 26.4 Å². The molecule has 0 atom stereocenters. The summed E-state index contributed by atoms with van der Waals surface area (Å²) in [5.74, 6) is -0.629. The van der Waals surface area contributed by atoms with Crippen LogP contribution < -0.4 is 5.14 Å². The minimum absolute atomic E-state index is 0.0853. The van der Waals surface area contributed by atoms with Crippen LogP contribution in [0.3, 0.4) is 0 Å². The number of sulfonamides is 1. The van der Waals surface area contributed by atoms with Gasteiger partial charge in [-0.1, -0.05) is 0 Å². The average molecular weight is 310 g/mol. The van der Waals surface area contributed by atoms with Gasteiger partial charge in [0.15, 0.2) is 0 Å². The van der Waals surface area contributed by atoms with Crippen LogP contribution in [0, 0.1) is 0 Å². The summed E-state index contributed by atoms with van der Waals surface area (Å²) in [7, 11) is -2.63. The normalized spacial score (nSPS) is 12.2. The number of rotatable bonds is 4. The van der Waals surface area contributed by atoms with Crippen molar-refractivity contribution in [1.82, 2.24) is 4.90 Å². The van der Waals surface area contributed by atoms with Gasteiger partial charge in [0.2, 0.25) is 10.0 Å². The van der Waals surface area contributed by atoms with Crippen molar-refractivity contribution in [2.75, 3.05) is 13.6 Å². The molecule has 0 aliphatic heterocycles. The summed E-state index contributed by atoms with van der Waals surface area (Å²) in [5.41, 5.74) is 0.0853. The summed E-state index contributed by atoms with van der Waals surface area (Å²) < 4.78 is 58.2. The van der Waals surface area contributed by atoms with E-state index in [1.807, 2.05) is 0 Å². The zero-order valence-electron chi connectivity index (χ0n) is 10.5. The third-order valence-electron chi connectivity index (χ3n) is 2.51. The van der Waals surface area contributed by atoms with Crippen LogP contribution in [0.4, 0.5) is 13.2 Å². The number of amides is 1. The Balaban J connectivity index is 2.78. The van der Waals surface area contributed by atoms with Crippen LogP contribution in [0.2, 0.25) is 0 Å². The molecule has 0 unspecified atom stereocenters. The van der Waals surface area contributed by atoms with Crippen molar-refractivity contribution >= 4 is 15.9 Å². The molecule has 0 saturated carbocycles. The predicted octanol–water partition coefficient (Wildman–Crippen LogP) is 1.36. The molecule has 0 aliphatic rings. The first-order valence-corrected chi connectivity index (χ1v) is 7.00. The number of halogens is 3. The Morgan fingerprint density at radius 1 is 1.25 bits per heavy atom. The van der Waals surface area contributed by atoms with Crippen LogP contribution in [0.15, 0.2) is 29.2 Å². The zero-order valence-corrected chi connectivity index (χ0v) is 11.3. The highest BCUT2D eigenvalue weighted by Gasteiger charge is 2.28. The van der Waals surface area contributed by atoms with Crippen molar-refractivity contribution in [1.29, 1.82) is 0 Å². The highest BCUT2D eigenvalue weighted by molar-refractivity contribution is 7.89. The molecule has 0 bridgehead atoms. The van der Waals surface area contributed by atoms with Gasteiger partial charge in [0.1, 0.15) is 0 Å². The smallest absolute Gasteiger partial charge is 0.341 e. The van der Waals surface area contributed by atoms with Gasteiger partial charge in [-0.2, -0.15) is 13.2 Å². The topological polar surface area (TPSA) is 80.5 Å². The van der Waals surface area contributed by atoms with Gasteiger partial charge in [-0.25, -0.2) is 13.6 Å². The molecule has 20 heavy (non-hydrogen) atoms. The van der Waals surface area contributed by atoms with Gasteiger partial charge in [0, 0.05) is 19.2 Å². The fourth-order valence-corrected chi connectivity index (χ4v) is 1.92. The lowest BCUT2D eigenvalue weighted by Gasteiger charge is -2.18. The van der Waals surface area contributed by atoms with Crippen molar-refractivity contribution < 1.29 is 26.4 Å². The van der Waals surface area contributed by atoms with Gasteiger partial charge in [-0.15, -0.1) is 0 Å². The molecule has 9 heteroatoms. The average Bonchev–Trinajstić information content (AvgIpc) is 2.33. The number of carbonyl (C=O) groups is 1. The molecule has 1 amide bonds. The van der Waals surface area contributed by atoms with Crippen LogP contribution in [-0.4, -0.2) is 39.0 Å². The number of nitrogens with zero attached hydrogens (tertiary/aromatic N) is 1. The Kier molecular flexibility index (Phi) is 4.77. The molecule has 0 aliphatic carbocycles. The molecule has 2 N–H and O–H groups in total. The van der Waals surface area contributed by atoms with Crippen LogP contribution in [0.1, 0.15) is 16.8 Å². The number of carbonyl (C=O) groups excluding carboxylic acids is 1. The van der Waals surface area contributed by atoms with Crippen molar-refractivity contribution in [2.24, 2.45) is 5.14 Å². The lowest BCUT2D eigenvalue weighted by Crippen LogP contribution is -2.30. The quantitative estimate of drug-likeness (QED) is 0.911. The standard InChI is InChI=1S/C11H13F3N2O3S/c1-16(7-6-11(12,13)14)10(17)8-2-4-9(5-3-8)20(15,18)19/h2-5H,6-7H2,1H3,(H2,15,18,19). The Hall–Kier alpha value is -1.61. The Morgan fingerprint density at radius 2 is 1.75 bits per heavy atom. The summed E-state index contributed by atoms with van der Waals surface area (Å²) in [5, 5.41) is 4.89. The van der Waals surface area contributed by atoms with Crippen molar-refractivity contribution in [3.63, 3.8) is 0 Å². The number of benzene rings is 1. The molecule has 1 aromatic rings. The molecule has 0 spiro atoms. The van der Waals surface area contributed by atoms with E-state index in [0.29, 0.717) is 0 Å². The monoisotopic (exact) mass is 310 g/mol. The lowest BCUT2D eigenvalue weighted by molar-refractivity contribution is -0.136. The molecule has 0 fully saturated rings. The Bertz CT molecular complexity index is 582. The SMILES string of the molecule is CN(CCC(F)(F)F)C(=O)c1ccc(S(N)(=O)=O)cc1. The summed E-state index contributed by atoms with van der Waals surface area (Å²) in [4.78, 5) is 12.5. The largest absolute Gasteiger partial charge is 0.390 e. The predicted molar refractivity (Wildman–Crippen MR) is 65.4 cm³/mol. The van der Waals surface area contributed by atoms with Crippen molar-refractivity contribution in [3.05, 3.63) is 29.8 Å². The molecule has 0 radical (unpaired) electrons. The summed E-state index contributed by atoms with van der Waals surface area (Å²) >= 11 is 0. The first kappa shape index (κ1) is 16.4. The maximum absolute atomic E-state index is 12.0. The summed E-state index contributed by atoms with van der Waals surface area (Å²) in [6, 6.07) is 4.65.